The van der Waals surface area contributed by atoms with Crippen LogP contribution in [0.5, 0.6) is 0 Å². The summed E-state index contributed by atoms with van der Waals surface area (Å²) in [5.74, 6) is 0.992. The molecule has 2 fully saturated rings. The number of hydrogen-bond acceptors (Lipinski definition) is 2. The van der Waals surface area contributed by atoms with Crippen molar-refractivity contribution in [2.24, 2.45) is 11.3 Å². The van der Waals surface area contributed by atoms with E-state index in [4.69, 9.17) is 4.74 Å². The number of rotatable bonds is 7. The average Bonchev–Trinajstić information content (AvgIpc) is 2.93. The van der Waals surface area contributed by atoms with E-state index in [1.165, 1.54) is 51.5 Å². The minimum Gasteiger partial charge on any atom is -0.385 e. The van der Waals surface area contributed by atoms with Gasteiger partial charge < -0.3 is 10.1 Å². The molecule has 2 aliphatic rings. The molecule has 0 bridgehead atoms. The SMILES string of the molecule is CCC1CCC(NCC2(CCOC)CC2)C1. The highest BCUT2D eigenvalue weighted by atomic mass is 16.5. The molecule has 2 rings (SSSR count). The molecule has 1 N–H and O–H groups in total. The van der Waals surface area contributed by atoms with E-state index < -0.39 is 0 Å². The van der Waals surface area contributed by atoms with Gasteiger partial charge in [0, 0.05) is 26.3 Å². The molecule has 0 aliphatic heterocycles. The zero-order chi connectivity index (χ0) is 11.4. The Morgan fingerprint density at radius 1 is 1.31 bits per heavy atom. The Labute approximate surface area is 100 Å². The van der Waals surface area contributed by atoms with Crippen molar-refractivity contribution in [2.75, 3.05) is 20.3 Å². The fourth-order valence-electron chi connectivity index (χ4n) is 3.00. The normalized spacial score (nSPS) is 31.9. The molecule has 0 heterocycles. The molecule has 94 valence electrons. The van der Waals surface area contributed by atoms with Crippen LogP contribution in [-0.4, -0.2) is 26.3 Å². The lowest BCUT2D eigenvalue weighted by atomic mass is 10.0. The number of methoxy groups -OCH3 is 1. The summed E-state index contributed by atoms with van der Waals surface area (Å²) in [7, 11) is 1.81. The summed E-state index contributed by atoms with van der Waals surface area (Å²) in [6, 6.07) is 0.810. The third-order valence-electron chi connectivity index (χ3n) is 4.68. The van der Waals surface area contributed by atoms with Crippen molar-refractivity contribution in [3.8, 4) is 0 Å². The molecule has 0 aromatic rings. The van der Waals surface area contributed by atoms with Crippen molar-refractivity contribution in [1.82, 2.24) is 5.32 Å². The van der Waals surface area contributed by atoms with Crippen molar-refractivity contribution in [3.05, 3.63) is 0 Å². The first-order chi connectivity index (χ1) is 7.78. The van der Waals surface area contributed by atoms with Crippen LogP contribution in [0.15, 0.2) is 0 Å². The molecule has 2 atom stereocenters. The maximum atomic E-state index is 5.20. The highest BCUT2D eigenvalue weighted by Crippen LogP contribution is 2.48. The highest BCUT2D eigenvalue weighted by molar-refractivity contribution is 4.96. The summed E-state index contributed by atoms with van der Waals surface area (Å²) < 4.78 is 5.20. The van der Waals surface area contributed by atoms with E-state index in [1.54, 1.807) is 0 Å². The summed E-state index contributed by atoms with van der Waals surface area (Å²) >= 11 is 0. The van der Waals surface area contributed by atoms with Crippen LogP contribution in [0.2, 0.25) is 0 Å². The number of ether oxygens (including phenoxy) is 1. The third kappa shape index (κ3) is 3.21. The van der Waals surface area contributed by atoms with Crippen molar-refractivity contribution >= 4 is 0 Å². The molecule has 0 amide bonds. The van der Waals surface area contributed by atoms with Crippen molar-refractivity contribution < 1.29 is 4.74 Å². The lowest BCUT2D eigenvalue weighted by Gasteiger charge is -2.19. The molecule has 0 spiro atoms. The number of nitrogens with one attached hydrogen (secondary N) is 1. The van der Waals surface area contributed by atoms with Crippen LogP contribution in [0, 0.1) is 11.3 Å². The monoisotopic (exact) mass is 225 g/mol. The van der Waals surface area contributed by atoms with E-state index in [-0.39, 0.29) is 0 Å². The van der Waals surface area contributed by atoms with Crippen LogP contribution in [0.25, 0.3) is 0 Å². The van der Waals surface area contributed by atoms with Gasteiger partial charge in [-0.1, -0.05) is 13.3 Å². The van der Waals surface area contributed by atoms with E-state index in [2.05, 4.69) is 12.2 Å². The zero-order valence-corrected chi connectivity index (χ0v) is 10.9. The molecule has 2 unspecified atom stereocenters. The van der Waals surface area contributed by atoms with E-state index in [0.717, 1.165) is 18.6 Å². The minimum absolute atomic E-state index is 0.611. The standard InChI is InChI=1S/C14H27NO/c1-3-12-4-5-13(10-12)15-11-14(6-7-14)8-9-16-2/h12-13,15H,3-11H2,1-2H3. The average molecular weight is 225 g/mol. The lowest BCUT2D eigenvalue weighted by Crippen LogP contribution is -2.33. The molecule has 16 heavy (non-hydrogen) atoms. The van der Waals surface area contributed by atoms with E-state index in [0.29, 0.717) is 5.41 Å². The predicted molar refractivity (Wildman–Crippen MR) is 67.6 cm³/mol. The fraction of sp³-hybridized carbons (Fsp3) is 1.00. The second kappa shape index (κ2) is 5.50. The quantitative estimate of drug-likeness (QED) is 0.719. The van der Waals surface area contributed by atoms with Gasteiger partial charge in [-0.05, 0) is 49.9 Å². The van der Waals surface area contributed by atoms with Gasteiger partial charge in [0.25, 0.3) is 0 Å². The maximum absolute atomic E-state index is 5.20. The highest BCUT2D eigenvalue weighted by Gasteiger charge is 2.42. The van der Waals surface area contributed by atoms with Crippen LogP contribution in [0.3, 0.4) is 0 Å². The molecule has 2 nitrogen and oxygen atoms in total. The molecular weight excluding hydrogens is 198 g/mol. The Hall–Kier alpha value is -0.0800. The number of hydrogen-bond donors (Lipinski definition) is 1. The van der Waals surface area contributed by atoms with Gasteiger partial charge in [0.2, 0.25) is 0 Å². The second-order valence-corrected chi connectivity index (χ2v) is 5.91. The van der Waals surface area contributed by atoms with Gasteiger partial charge in [-0.2, -0.15) is 0 Å². The van der Waals surface area contributed by atoms with Gasteiger partial charge in [0.15, 0.2) is 0 Å². The summed E-state index contributed by atoms with van der Waals surface area (Å²) in [6.07, 6.45) is 9.70. The van der Waals surface area contributed by atoms with Crippen LogP contribution < -0.4 is 5.32 Å². The van der Waals surface area contributed by atoms with Crippen LogP contribution in [-0.2, 0) is 4.74 Å². The molecule has 0 radical (unpaired) electrons. The van der Waals surface area contributed by atoms with Crippen molar-refractivity contribution in [2.45, 2.75) is 57.9 Å². The van der Waals surface area contributed by atoms with Crippen LogP contribution >= 0.6 is 0 Å². The Bertz CT molecular complexity index is 213. The topological polar surface area (TPSA) is 21.3 Å². The molecule has 0 aromatic heterocycles. The van der Waals surface area contributed by atoms with E-state index in [9.17, 15) is 0 Å². The van der Waals surface area contributed by atoms with Gasteiger partial charge in [-0.3, -0.25) is 0 Å². The first kappa shape index (κ1) is 12.4. The lowest BCUT2D eigenvalue weighted by molar-refractivity contribution is 0.170. The maximum Gasteiger partial charge on any atom is 0.0468 e. The second-order valence-electron chi connectivity index (χ2n) is 5.91. The van der Waals surface area contributed by atoms with E-state index in [1.807, 2.05) is 7.11 Å². The fourth-order valence-corrected chi connectivity index (χ4v) is 3.00. The van der Waals surface area contributed by atoms with Crippen LogP contribution in [0.4, 0.5) is 0 Å². The van der Waals surface area contributed by atoms with Crippen molar-refractivity contribution in [1.29, 1.82) is 0 Å². The summed E-state index contributed by atoms with van der Waals surface area (Å²) in [5.41, 5.74) is 0.611. The molecular formula is C14H27NO. The third-order valence-corrected chi connectivity index (χ3v) is 4.68. The predicted octanol–water partition coefficient (Wildman–Crippen LogP) is 2.97. The van der Waals surface area contributed by atoms with Gasteiger partial charge in [0.05, 0.1) is 0 Å². The smallest absolute Gasteiger partial charge is 0.0468 e. The molecule has 0 aromatic carbocycles. The van der Waals surface area contributed by atoms with Gasteiger partial charge in [-0.15, -0.1) is 0 Å². The Balaban J connectivity index is 1.64. The molecule has 2 heteroatoms. The van der Waals surface area contributed by atoms with Gasteiger partial charge in [0.1, 0.15) is 0 Å². The van der Waals surface area contributed by atoms with Crippen molar-refractivity contribution in [3.63, 3.8) is 0 Å². The molecule has 2 saturated carbocycles. The molecule has 2 aliphatic carbocycles. The zero-order valence-electron chi connectivity index (χ0n) is 10.9. The molecule has 0 saturated heterocycles. The summed E-state index contributed by atoms with van der Waals surface area (Å²) in [4.78, 5) is 0. The van der Waals surface area contributed by atoms with Crippen LogP contribution in [0.1, 0.15) is 51.9 Å². The summed E-state index contributed by atoms with van der Waals surface area (Å²) in [5, 5.41) is 3.80. The largest absolute Gasteiger partial charge is 0.385 e. The first-order valence-corrected chi connectivity index (χ1v) is 7.00. The Kier molecular flexibility index (Phi) is 4.26. The van der Waals surface area contributed by atoms with Gasteiger partial charge >= 0.3 is 0 Å². The Morgan fingerprint density at radius 3 is 2.69 bits per heavy atom. The minimum atomic E-state index is 0.611. The van der Waals surface area contributed by atoms with Gasteiger partial charge in [-0.25, -0.2) is 0 Å². The van der Waals surface area contributed by atoms with E-state index >= 15 is 0 Å². The first-order valence-electron chi connectivity index (χ1n) is 7.00. The Morgan fingerprint density at radius 2 is 2.12 bits per heavy atom. The summed E-state index contributed by atoms with van der Waals surface area (Å²) in [6.45, 7) is 4.50.